The van der Waals surface area contributed by atoms with E-state index in [0.717, 1.165) is 11.1 Å². The fourth-order valence-electron chi connectivity index (χ4n) is 2.25. The molecule has 0 heterocycles. The first-order chi connectivity index (χ1) is 10.2. The SMILES string of the molecule is Cc1c(O)cccc1C(C)C.Cc1ccc(C(C)C)cc1O. The van der Waals surface area contributed by atoms with Crippen LogP contribution in [0.5, 0.6) is 11.5 Å². The van der Waals surface area contributed by atoms with Gasteiger partial charge in [0.1, 0.15) is 11.5 Å². The van der Waals surface area contributed by atoms with Gasteiger partial charge < -0.3 is 10.2 Å². The number of hydrogen-bond donors (Lipinski definition) is 2. The summed E-state index contributed by atoms with van der Waals surface area (Å²) < 4.78 is 0. The normalized spacial score (nSPS) is 10.5. The van der Waals surface area contributed by atoms with Gasteiger partial charge >= 0.3 is 0 Å². The van der Waals surface area contributed by atoms with Gasteiger partial charge in [-0.05, 0) is 60.1 Å². The van der Waals surface area contributed by atoms with Crippen molar-refractivity contribution in [2.75, 3.05) is 0 Å². The maximum absolute atomic E-state index is 9.35. The Balaban J connectivity index is 0.000000220. The van der Waals surface area contributed by atoms with Gasteiger partial charge in [-0.1, -0.05) is 52.0 Å². The Hall–Kier alpha value is -1.96. The van der Waals surface area contributed by atoms with Gasteiger partial charge in [0.25, 0.3) is 0 Å². The van der Waals surface area contributed by atoms with Gasteiger partial charge in [-0.3, -0.25) is 0 Å². The zero-order chi connectivity index (χ0) is 16.9. The van der Waals surface area contributed by atoms with Crippen molar-refractivity contribution in [3.63, 3.8) is 0 Å². The molecule has 120 valence electrons. The molecule has 0 radical (unpaired) electrons. The van der Waals surface area contributed by atoms with Gasteiger partial charge in [-0.25, -0.2) is 0 Å². The van der Waals surface area contributed by atoms with Crippen molar-refractivity contribution >= 4 is 0 Å². The Bertz CT molecular complexity index is 613. The third-order valence-electron chi connectivity index (χ3n) is 3.87. The highest BCUT2D eigenvalue weighted by Gasteiger charge is 2.05. The smallest absolute Gasteiger partial charge is 0.118 e. The number of aromatic hydroxyl groups is 2. The van der Waals surface area contributed by atoms with Crippen molar-refractivity contribution in [3.8, 4) is 11.5 Å². The molecule has 0 spiro atoms. The van der Waals surface area contributed by atoms with E-state index in [4.69, 9.17) is 0 Å². The number of rotatable bonds is 2. The molecule has 0 amide bonds. The van der Waals surface area contributed by atoms with Gasteiger partial charge in [-0.15, -0.1) is 0 Å². The Kier molecular flexibility index (Phi) is 6.48. The minimum atomic E-state index is 0.399. The predicted octanol–water partition coefficient (Wildman–Crippen LogP) is 5.65. The van der Waals surface area contributed by atoms with Crippen LogP contribution in [0.25, 0.3) is 0 Å². The summed E-state index contributed by atoms with van der Waals surface area (Å²) in [5, 5.41) is 18.7. The number of aryl methyl sites for hydroxylation is 1. The topological polar surface area (TPSA) is 40.5 Å². The molecule has 0 aliphatic heterocycles. The van der Waals surface area contributed by atoms with Crippen LogP contribution in [0.4, 0.5) is 0 Å². The van der Waals surface area contributed by atoms with Crippen LogP contribution in [-0.2, 0) is 0 Å². The van der Waals surface area contributed by atoms with Crippen molar-refractivity contribution in [2.45, 2.75) is 53.4 Å². The van der Waals surface area contributed by atoms with Gasteiger partial charge in [-0.2, -0.15) is 0 Å². The first-order valence-corrected chi connectivity index (χ1v) is 7.82. The molecule has 0 fully saturated rings. The average Bonchev–Trinajstić information content (AvgIpc) is 2.45. The summed E-state index contributed by atoms with van der Waals surface area (Å²) in [6.07, 6.45) is 0. The lowest BCUT2D eigenvalue weighted by Gasteiger charge is -2.09. The van der Waals surface area contributed by atoms with E-state index in [2.05, 4.69) is 39.8 Å². The Labute approximate surface area is 134 Å². The van der Waals surface area contributed by atoms with Crippen LogP contribution in [-0.4, -0.2) is 10.2 Å². The van der Waals surface area contributed by atoms with E-state index in [1.54, 1.807) is 6.07 Å². The highest BCUT2D eigenvalue weighted by molar-refractivity contribution is 5.39. The summed E-state index contributed by atoms with van der Waals surface area (Å²) in [5.41, 5.74) is 4.36. The Morgan fingerprint density at radius 3 is 1.86 bits per heavy atom. The summed E-state index contributed by atoms with van der Waals surface area (Å²) in [7, 11) is 0. The second kappa shape index (κ2) is 7.88. The summed E-state index contributed by atoms with van der Waals surface area (Å²) >= 11 is 0. The zero-order valence-corrected chi connectivity index (χ0v) is 14.5. The molecule has 0 unspecified atom stereocenters. The zero-order valence-electron chi connectivity index (χ0n) is 14.5. The predicted molar refractivity (Wildman–Crippen MR) is 93.9 cm³/mol. The second-order valence-corrected chi connectivity index (χ2v) is 6.35. The van der Waals surface area contributed by atoms with Crippen LogP contribution in [0.3, 0.4) is 0 Å². The van der Waals surface area contributed by atoms with E-state index in [9.17, 15) is 10.2 Å². The van der Waals surface area contributed by atoms with Crippen LogP contribution < -0.4 is 0 Å². The minimum Gasteiger partial charge on any atom is -0.508 e. The molecule has 2 aromatic rings. The van der Waals surface area contributed by atoms with Gasteiger partial charge in [0.15, 0.2) is 0 Å². The van der Waals surface area contributed by atoms with Crippen molar-refractivity contribution in [3.05, 3.63) is 58.7 Å². The van der Waals surface area contributed by atoms with Crippen LogP contribution in [0, 0.1) is 13.8 Å². The first kappa shape index (κ1) is 18.1. The molecule has 2 aromatic carbocycles. The first-order valence-electron chi connectivity index (χ1n) is 7.82. The second-order valence-electron chi connectivity index (χ2n) is 6.35. The maximum Gasteiger partial charge on any atom is 0.118 e. The van der Waals surface area contributed by atoms with E-state index in [1.165, 1.54) is 11.1 Å². The van der Waals surface area contributed by atoms with E-state index >= 15 is 0 Å². The van der Waals surface area contributed by atoms with Gasteiger partial charge in [0.2, 0.25) is 0 Å². The van der Waals surface area contributed by atoms with E-state index in [-0.39, 0.29) is 0 Å². The summed E-state index contributed by atoms with van der Waals surface area (Å²) in [4.78, 5) is 0. The molecule has 22 heavy (non-hydrogen) atoms. The molecule has 2 heteroatoms. The molecule has 0 aliphatic carbocycles. The van der Waals surface area contributed by atoms with Crippen molar-refractivity contribution in [1.29, 1.82) is 0 Å². The van der Waals surface area contributed by atoms with Gasteiger partial charge in [0.05, 0.1) is 0 Å². The third kappa shape index (κ3) is 4.80. The average molecular weight is 300 g/mol. The summed E-state index contributed by atoms with van der Waals surface area (Å²) in [5.74, 6) is 1.77. The van der Waals surface area contributed by atoms with Crippen LogP contribution in [0.15, 0.2) is 36.4 Å². The van der Waals surface area contributed by atoms with Crippen molar-refractivity contribution in [2.24, 2.45) is 0 Å². The highest BCUT2D eigenvalue weighted by atomic mass is 16.3. The number of hydrogen-bond acceptors (Lipinski definition) is 2. The number of phenols is 2. The number of phenolic OH excluding ortho intramolecular Hbond substituents is 2. The molecule has 0 saturated carbocycles. The van der Waals surface area contributed by atoms with Crippen molar-refractivity contribution < 1.29 is 10.2 Å². The molecule has 0 bridgehead atoms. The van der Waals surface area contributed by atoms with Crippen LogP contribution >= 0.6 is 0 Å². The molecular weight excluding hydrogens is 272 g/mol. The molecule has 0 aliphatic rings. The lowest BCUT2D eigenvalue weighted by molar-refractivity contribution is 0.469. The van der Waals surface area contributed by atoms with E-state index < -0.39 is 0 Å². The van der Waals surface area contributed by atoms with Crippen molar-refractivity contribution in [1.82, 2.24) is 0 Å². The monoisotopic (exact) mass is 300 g/mol. The number of benzene rings is 2. The lowest BCUT2D eigenvalue weighted by atomic mass is 9.98. The Morgan fingerprint density at radius 2 is 1.41 bits per heavy atom. The largest absolute Gasteiger partial charge is 0.508 e. The fraction of sp³-hybridized carbons (Fsp3) is 0.400. The highest BCUT2D eigenvalue weighted by Crippen LogP contribution is 2.25. The van der Waals surface area contributed by atoms with E-state index in [0.29, 0.717) is 23.3 Å². The fourth-order valence-corrected chi connectivity index (χ4v) is 2.25. The third-order valence-corrected chi connectivity index (χ3v) is 3.87. The molecule has 0 saturated heterocycles. The molecule has 2 nitrogen and oxygen atoms in total. The van der Waals surface area contributed by atoms with Crippen LogP contribution in [0.1, 0.15) is 61.8 Å². The molecular formula is C20H28O2. The van der Waals surface area contributed by atoms with Gasteiger partial charge in [0, 0.05) is 0 Å². The minimum absolute atomic E-state index is 0.399. The Morgan fingerprint density at radius 1 is 0.773 bits per heavy atom. The standard InChI is InChI=1S/2C10H14O/c1-7(2)9-5-4-8(3)10(11)6-9;1-7(2)9-5-4-6-10(11)8(9)3/h2*4-7,11H,1-3H3. The molecule has 0 aromatic heterocycles. The molecule has 0 atom stereocenters. The lowest BCUT2D eigenvalue weighted by Crippen LogP contribution is -1.90. The molecule has 2 N–H and O–H groups in total. The quantitative estimate of drug-likeness (QED) is 0.752. The van der Waals surface area contributed by atoms with E-state index in [1.807, 2.05) is 32.0 Å². The molecule has 2 rings (SSSR count). The summed E-state index contributed by atoms with van der Waals surface area (Å²) in [6.45, 7) is 12.3. The maximum atomic E-state index is 9.35. The van der Waals surface area contributed by atoms with Crippen LogP contribution in [0.2, 0.25) is 0 Å². The summed E-state index contributed by atoms with van der Waals surface area (Å²) in [6, 6.07) is 11.5.